The number of anilines is 1. The van der Waals surface area contributed by atoms with Gasteiger partial charge < -0.3 is 9.32 Å². The van der Waals surface area contributed by atoms with E-state index in [0.717, 1.165) is 67.3 Å². The molecule has 0 N–H and O–H groups in total. The normalized spacial score (nSPS) is 11.8. The molecule has 3 aromatic carbocycles. The Balaban J connectivity index is 1.69. The Bertz CT molecular complexity index is 1550. The van der Waals surface area contributed by atoms with E-state index in [1.807, 2.05) is 30.3 Å². The summed E-state index contributed by atoms with van der Waals surface area (Å²) in [7, 11) is 0. The molecule has 0 saturated heterocycles. The smallest absolute Gasteiger partial charge is 0.230 e. The van der Waals surface area contributed by atoms with Gasteiger partial charge in [0, 0.05) is 45.6 Å². The first kappa shape index (κ1) is 23.5. The standard InChI is InChI=1S/C29H26BrN3OS/c1-4-33(5-2)23-15-12-21-16-24(29-32-26(18-35-29)20-10-13-22(30)14-11-20)28(34-27(21)17-23)31-25-9-7-6-8-19(25)3/h6-18H,4-5H2,1-3H3. The number of para-hydroxylation sites is 1. The fourth-order valence-corrected chi connectivity index (χ4v) is 5.18. The van der Waals surface area contributed by atoms with Gasteiger partial charge in [0.1, 0.15) is 10.6 Å². The topological polar surface area (TPSA) is 41.6 Å². The van der Waals surface area contributed by atoms with Crippen molar-refractivity contribution in [2.75, 3.05) is 18.0 Å². The van der Waals surface area contributed by atoms with E-state index >= 15 is 0 Å². The quantitative estimate of drug-likeness (QED) is 0.216. The van der Waals surface area contributed by atoms with Crippen LogP contribution in [0.2, 0.25) is 0 Å². The van der Waals surface area contributed by atoms with Gasteiger partial charge in [-0.15, -0.1) is 11.3 Å². The molecular weight excluding hydrogens is 518 g/mol. The second kappa shape index (κ2) is 10.2. The first-order chi connectivity index (χ1) is 17.1. The zero-order valence-electron chi connectivity index (χ0n) is 20.0. The molecule has 176 valence electrons. The summed E-state index contributed by atoms with van der Waals surface area (Å²) in [6.07, 6.45) is 0. The molecule has 35 heavy (non-hydrogen) atoms. The van der Waals surface area contributed by atoms with E-state index in [1.165, 1.54) is 0 Å². The van der Waals surface area contributed by atoms with E-state index in [4.69, 9.17) is 14.4 Å². The molecule has 0 aliphatic rings. The lowest BCUT2D eigenvalue weighted by molar-refractivity contribution is 0.547. The van der Waals surface area contributed by atoms with E-state index in [0.29, 0.717) is 5.55 Å². The van der Waals surface area contributed by atoms with Crippen molar-refractivity contribution in [3.8, 4) is 21.8 Å². The second-order valence-corrected chi connectivity index (χ2v) is 10.1. The summed E-state index contributed by atoms with van der Waals surface area (Å²) in [5, 5.41) is 4.00. The van der Waals surface area contributed by atoms with Crippen molar-refractivity contribution >= 4 is 49.6 Å². The van der Waals surface area contributed by atoms with Crippen molar-refractivity contribution in [3.63, 3.8) is 0 Å². The maximum absolute atomic E-state index is 6.48. The van der Waals surface area contributed by atoms with E-state index in [2.05, 4.69) is 89.4 Å². The number of rotatable bonds is 6. The molecule has 0 fully saturated rings. The maximum atomic E-state index is 6.48. The van der Waals surface area contributed by atoms with Crippen LogP contribution in [0.4, 0.5) is 11.4 Å². The highest BCUT2D eigenvalue weighted by molar-refractivity contribution is 9.10. The van der Waals surface area contributed by atoms with Crippen LogP contribution >= 0.6 is 27.3 Å². The molecule has 0 bridgehead atoms. The number of halogens is 1. The van der Waals surface area contributed by atoms with Crippen molar-refractivity contribution in [1.29, 1.82) is 0 Å². The molecular formula is C29H26BrN3OS. The minimum Gasteiger partial charge on any atom is -0.438 e. The zero-order chi connectivity index (χ0) is 24.4. The number of aromatic nitrogens is 1. The molecule has 6 heteroatoms. The Morgan fingerprint density at radius 2 is 1.74 bits per heavy atom. The Morgan fingerprint density at radius 3 is 2.49 bits per heavy atom. The molecule has 0 aliphatic carbocycles. The van der Waals surface area contributed by atoms with Gasteiger partial charge in [-0.25, -0.2) is 9.98 Å². The summed E-state index contributed by atoms with van der Waals surface area (Å²) in [6.45, 7) is 8.28. The van der Waals surface area contributed by atoms with Gasteiger partial charge in [-0.3, -0.25) is 0 Å². The van der Waals surface area contributed by atoms with Crippen LogP contribution in [0, 0.1) is 6.92 Å². The van der Waals surface area contributed by atoms with Gasteiger partial charge in [-0.05, 0) is 62.7 Å². The SMILES string of the molecule is CCN(CC)c1ccc2cc(-c3nc(-c4ccc(Br)cc4)cs3)c(=Nc3ccccc3C)oc2c1. The predicted octanol–water partition coefficient (Wildman–Crippen LogP) is 8.37. The third kappa shape index (κ3) is 4.95. The minimum atomic E-state index is 0.570. The first-order valence-corrected chi connectivity index (χ1v) is 13.4. The van der Waals surface area contributed by atoms with Gasteiger partial charge in [-0.2, -0.15) is 0 Å². The van der Waals surface area contributed by atoms with Crippen LogP contribution in [0.15, 0.2) is 92.1 Å². The molecule has 5 rings (SSSR count). The summed E-state index contributed by atoms with van der Waals surface area (Å²) >= 11 is 5.11. The number of hydrogen-bond donors (Lipinski definition) is 0. The van der Waals surface area contributed by atoms with E-state index in [9.17, 15) is 0 Å². The maximum Gasteiger partial charge on any atom is 0.230 e. The highest BCUT2D eigenvalue weighted by Gasteiger charge is 2.14. The van der Waals surface area contributed by atoms with Crippen molar-refractivity contribution in [3.05, 3.63) is 93.8 Å². The third-order valence-corrected chi connectivity index (χ3v) is 7.48. The molecule has 0 aliphatic heterocycles. The molecule has 2 aromatic heterocycles. The molecule has 5 aromatic rings. The lowest BCUT2D eigenvalue weighted by Crippen LogP contribution is -2.21. The highest BCUT2D eigenvalue weighted by Crippen LogP contribution is 2.31. The molecule has 0 spiro atoms. The van der Waals surface area contributed by atoms with Gasteiger partial charge >= 0.3 is 0 Å². The Labute approximate surface area is 217 Å². The van der Waals surface area contributed by atoms with Crippen LogP contribution in [0.5, 0.6) is 0 Å². The van der Waals surface area contributed by atoms with E-state index in [-0.39, 0.29) is 0 Å². The summed E-state index contributed by atoms with van der Waals surface area (Å²) < 4.78 is 7.53. The summed E-state index contributed by atoms with van der Waals surface area (Å²) in [5.74, 6) is 0. The van der Waals surface area contributed by atoms with E-state index in [1.54, 1.807) is 11.3 Å². The average Bonchev–Trinajstić information content (AvgIpc) is 3.36. The first-order valence-electron chi connectivity index (χ1n) is 11.7. The van der Waals surface area contributed by atoms with Crippen molar-refractivity contribution in [1.82, 2.24) is 4.98 Å². The molecule has 0 saturated carbocycles. The monoisotopic (exact) mass is 543 g/mol. The highest BCUT2D eigenvalue weighted by atomic mass is 79.9. The number of fused-ring (bicyclic) bond motifs is 1. The summed E-state index contributed by atoms with van der Waals surface area (Å²) in [5.41, 5.74) is 7.43. The molecule has 4 nitrogen and oxygen atoms in total. The van der Waals surface area contributed by atoms with Crippen LogP contribution in [0.3, 0.4) is 0 Å². The van der Waals surface area contributed by atoms with Crippen LogP contribution in [0.1, 0.15) is 19.4 Å². The van der Waals surface area contributed by atoms with Gasteiger partial charge in [0.05, 0.1) is 16.9 Å². The molecule has 0 radical (unpaired) electrons. The van der Waals surface area contributed by atoms with Crippen LogP contribution in [0.25, 0.3) is 32.8 Å². The Hall–Kier alpha value is -3.22. The summed E-state index contributed by atoms with van der Waals surface area (Å²) in [6, 6.07) is 24.8. The lowest BCUT2D eigenvalue weighted by atomic mass is 10.1. The Morgan fingerprint density at radius 1 is 0.971 bits per heavy atom. The molecule has 0 amide bonds. The number of nitrogens with zero attached hydrogens (tertiary/aromatic N) is 3. The lowest BCUT2D eigenvalue weighted by Gasteiger charge is -2.21. The fraction of sp³-hybridized carbons (Fsp3) is 0.172. The van der Waals surface area contributed by atoms with Gasteiger partial charge in [-0.1, -0.05) is 46.3 Å². The van der Waals surface area contributed by atoms with Crippen molar-refractivity contribution in [2.24, 2.45) is 4.99 Å². The predicted molar refractivity (Wildman–Crippen MR) is 150 cm³/mol. The van der Waals surface area contributed by atoms with Crippen molar-refractivity contribution in [2.45, 2.75) is 20.8 Å². The number of hydrogen-bond acceptors (Lipinski definition) is 5. The van der Waals surface area contributed by atoms with Crippen LogP contribution in [-0.2, 0) is 0 Å². The second-order valence-electron chi connectivity index (χ2n) is 8.30. The van der Waals surface area contributed by atoms with Gasteiger partial charge in [0.15, 0.2) is 0 Å². The fourth-order valence-electron chi connectivity index (χ4n) is 4.08. The van der Waals surface area contributed by atoms with Crippen LogP contribution in [-0.4, -0.2) is 18.1 Å². The summed E-state index contributed by atoms with van der Waals surface area (Å²) in [4.78, 5) is 12.2. The number of aryl methyl sites for hydroxylation is 1. The van der Waals surface area contributed by atoms with Crippen LogP contribution < -0.4 is 10.5 Å². The number of thiazole rings is 1. The van der Waals surface area contributed by atoms with Crippen molar-refractivity contribution < 1.29 is 4.42 Å². The molecule has 0 atom stereocenters. The average molecular weight is 545 g/mol. The Kier molecular flexibility index (Phi) is 6.84. The van der Waals surface area contributed by atoms with Gasteiger partial charge in [0.25, 0.3) is 0 Å². The van der Waals surface area contributed by atoms with E-state index < -0.39 is 0 Å². The number of benzene rings is 3. The zero-order valence-corrected chi connectivity index (χ0v) is 22.4. The molecule has 2 heterocycles. The molecule has 0 unspecified atom stereocenters. The minimum absolute atomic E-state index is 0.570. The van der Waals surface area contributed by atoms with Gasteiger partial charge in [0.2, 0.25) is 5.55 Å². The third-order valence-electron chi connectivity index (χ3n) is 6.07. The largest absolute Gasteiger partial charge is 0.438 e.